The van der Waals surface area contributed by atoms with Crippen molar-refractivity contribution < 1.29 is 23.1 Å². The standard InChI is InChI=1S/C9H18N2O5S/c1-4-16-8(13)11-17(14,15)10-6-5-7(12)9(6,2)3/h6-7,10,12H,4-5H2,1-3H3,(H,11,13). The molecule has 1 aliphatic rings. The van der Waals surface area contributed by atoms with Crippen molar-refractivity contribution >= 4 is 16.3 Å². The molecule has 100 valence electrons. The van der Waals surface area contributed by atoms with Crippen LogP contribution < -0.4 is 9.44 Å². The van der Waals surface area contributed by atoms with Gasteiger partial charge in [0, 0.05) is 11.5 Å². The third-order valence-electron chi connectivity index (χ3n) is 3.01. The van der Waals surface area contributed by atoms with Gasteiger partial charge in [0.1, 0.15) is 0 Å². The average molecular weight is 266 g/mol. The zero-order valence-electron chi connectivity index (χ0n) is 10.1. The number of aliphatic hydroxyl groups is 1. The van der Waals surface area contributed by atoms with E-state index in [2.05, 4.69) is 9.46 Å². The Balaban J connectivity index is 2.54. The molecule has 0 radical (unpaired) electrons. The number of carbonyl (C=O) groups is 1. The maximum Gasteiger partial charge on any atom is 0.421 e. The van der Waals surface area contributed by atoms with Crippen molar-refractivity contribution in [2.45, 2.75) is 39.3 Å². The topological polar surface area (TPSA) is 105 Å². The molecule has 0 bridgehead atoms. The van der Waals surface area contributed by atoms with Crippen molar-refractivity contribution in [2.24, 2.45) is 5.41 Å². The van der Waals surface area contributed by atoms with E-state index in [9.17, 15) is 18.3 Å². The quantitative estimate of drug-likeness (QED) is 0.649. The van der Waals surface area contributed by atoms with E-state index in [1.165, 1.54) is 0 Å². The van der Waals surface area contributed by atoms with E-state index in [1.807, 2.05) is 0 Å². The summed E-state index contributed by atoms with van der Waals surface area (Å²) in [5.41, 5.74) is -0.538. The van der Waals surface area contributed by atoms with Gasteiger partial charge in [0.2, 0.25) is 0 Å². The summed E-state index contributed by atoms with van der Waals surface area (Å²) in [5, 5.41) is 9.46. The second kappa shape index (κ2) is 4.79. The van der Waals surface area contributed by atoms with Crippen molar-refractivity contribution in [1.82, 2.24) is 9.44 Å². The van der Waals surface area contributed by atoms with Crippen molar-refractivity contribution in [3.8, 4) is 0 Å². The van der Waals surface area contributed by atoms with E-state index in [0.717, 1.165) is 0 Å². The number of aliphatic hydroxyl groups excluding tert-OH is 1. The Labute approximate surface area is 101 Å². The molecule has 2 unspecified atom stereocenters. The predicted octanol–water partition coefficient (Wildman–Crippen LogP) is -0.274. The maximum absolute atomic E-state index is 11.5. The fourth-order valence-electron chi connectivity index (χ4n) is 1.59. The highest BCUT2D eigenvalue weighted by Crippen LogP contribution is 2.40. The number of hydrogen-bond acceptors (Lipinski definition) is 5. The number of nitrogens with one attached hydrogen (secondary N) is 2. The van der Waals surface area contributed by atoms with E-state index in [0.29, 0.717) is 6.42 Å². The summed E-state index contributed by atoms with van der Waals surface area (Å²) in [6, 6.07) is -0.399. The summed E-state index contributed by atoms with van der Waals surface area (Å²) in [5.74, 6) is 0. The van der Waals surface area contributed by atoms with Crippen LogP contribution in [0.1, 0.15) is 27.2 Å². The van der Waals surface area contributed by atoms with Crippen LogP contribution in [0.2, 0.25) is 0 Å². The first-order valence-corrected chi connectivity index (χ1v) is 6.82. The minimum Gasteiger partial charge on any atom is -0.449 e. The molecule has 8 heteroatoms. The molecule has 0 saturated heterocycles. The lowest BCUT2D eigenvalue weighted by atomic mass is 9.65. The zero-order chi connectivity index (χ0) is 13.3. The molecule has 0 aromatic rings. The number of rotatable bonds is 4. The minimum atomic E-state index is -3.94. The number of amides is 1. The van der Waals surface area contributed by atoms with Crippen molar-refractivity contribution in [1.29, 1.82) is 0 Å². The minimum absolute atomic E-state index is 0.0923. The molecular formula is C9H18N2O5S. The van der Waals surface area contributed by atoms with Crippen LogP contribution in [0.15, 0.2) is 0 Å². The van der Waals surface area contributed by atoms with Crippen LogP contribution in [0.5, 0.6) is 0 Å². The van der Waals surface area contributed by atoms with Crippen molar-refractivity contribution in [3.63, 3.8) is 0 Å². The SMILES string of the molecule is CCOC(=O)NS(=O)(=O)NC1CC(O)C1(C)C. The second-order valence-electron chi connectivity index (χ2n) is 4.57. The first-order valence-electron chi connectivity index (χ1n) is 5.34. The van der Waals surface area contributed by atoms with Gasteiger partial charge in [-0.15, -0.1) is 0 Å². The summed E-state index contributed by atoms with van der Waals surface area (Å²) < 4.78 is 31.5. The van der Waals surface area contributed by atoms with E-state index < -0.39 is 33.9 Å². The molecule has 0 aromatic carbocycles. The molecule has 1 fully saturated rings. The lowest BCUT2D eigenvalue weighted by Gasteiger charge is -2.48. The van der Waals surface area contributed by atoms with E-state index in [-0.39, 0.29) is 6.61 Å². The van der Waals surface area contributed by atoms with E-state index in [1.54, 1.807) is 25.5 Å². The Morgan fingerprint density at radius 1 is 1.53 bits per heavy atom. The van der Waals surface area contributed by atoms with Crippen molar-refractivity contribution in [3.05, 3.63) is 0 Å². The summed E-state index contributed by atoms with van der Waals surface area (Å²) in [7, 11) is -3.94. The first-order chi connectivity index (χ1) is 7.69. The Morgan fingerprint density at radius 3 is 2.53 bits per heavy atom. The van der Waals surface area contributed by atoms with Crippen LogP contribution in [0.3, 0.4) is 0 Å². The molecule has 0 aliphatic heterocycles. The monoisotopic (exact) mass is 266 g/mol. The molecule has 1 saturated carbocycles. The largest absolute Gasteiger partial charge is 0.449 e. The van der Waals surface area contributed by atoms with Gasteiger partial charge in [0.15, 0.2) is 0 Å². The molecule has 1 aliphatic carbocycles. The molecule has 0 heterocycles. The zero-order valence-corrected chi connectivity index (χ0v) is 10.9. The highest BCUT2D eigenvalue weighted by atomic mass is 32.2. The maximum atomic E-state index is 11.5. The van der Waals surface area contributed by atoms with E-state index >= 15 is 0 Å². The van der Waals surface area contributed by atoms with Gasteiger partial charge >= 0.3 is 16.3 Å². The second-order valence-corrected chi connectivity index (χ2v) is 6.02. The Bertz CT molecular complexity index is 392. The normalized spacial score (nSPS) is 27.1. The molecule has 1 rings (SSSR count). The summed E-state index contributed by atoms with van der Waals surface area (Å²) >= 11 is 0. The third-order valence-corrected chi connectivity index (χ3v) is 4.04. The highest BCUT2D eigenvalue weighted by molar-refractivity contribution is 7.88. The van der Waals surface area contributed by atoms with Crippen LogP contribution in [0.4, 0.5) is 4.79 Å². The number of ether oxygens (including phenoxy) is 1. The summed E-state index contributed by atoms with van der Waals surface area (Å²) in [6.07, 6.45) is -1.23. The van der Waals surface area contributed by atoms with Gasteiger partial charge in [-0.3, -0.25) is 0 Å². The first kappa shape index (κ1) is 14.2. The van der Waals surface area contributed by atoms with Crippen molar-refractivity contribution in [2.75, 3.05) is 6.61 Å². The fourth-order valence-corrected chi connectivity index (χ4v) is 2.70. The lowest BCUT2D eigenvalue weighted by Crippen LogP contribution is -2.62. The van der Waals surface area contributed by atoms with Crippen LogP contribution in [0.25, 0.3) is 0 Å². The Morgan fingerprint density at radius 2 is 2.12 bits per heavy atom. The molecule has 3 N–H and O–H groups in total. The highest BCUT2D eigenvalue weighted by Gasteiger charge is 2.49. The van der Waals surface area contributed by atoms with Gasteiger partial charge in [0.25, 0.3) is 0 Å². The van der Waals surface area contributed by atoms with Gasteiger partial charge in [-0.05, 0) is 13.3 Å². The van der Waals surface area contributed by atoms with E-state index in [4.69, 9.17) is 0 Å². The van der Waals surface area contributed by atoms with Crippen LogP contribution in [-0.2, 0) is 14.9 Å². The smallest absolute Gasteiger partial charge is 0.421 e. The molecular weight excluding hydrogens is 248 g/mol. The predicted molar refractivity (Wildman–Crippen MR) is 60.4 cm³/mol. The van der Waals surface area contributed by atoms with Gasteiger partial charge in [-0.25, -0.2) is 9.52 Å². The molecule has 0 spiro atoms. The molecule has 7 nitrogen and oxygen atoms in total. The average Bonchev–Trinajstić information content (AvgIpc) is 2.16. The third kappa shape index (κ3) is 3.30. The molecule has 2 atom stereocenters. The summed E-state index contributed by atoms with van der Waals surface area (Å²) in [4.78, 5) is 11.0. The van der Waals surface area contributed by atoms with Gasteiger partial charge < -0.3 is 9.84 Å². The van der Waals surface area contributed by atoms with Crippen LogP contribution in [0, 0.1) is 5.41 Å². The molecule has 1 amide bonds. The number of carbonyl (C=O) groups excluding carboxylic acids is 1. The number of hydrogen-bond donors (Lipinski definition) is 3. The Kier molecular flexibility index (Phi) is 4.00. The van der Waals surface area contributed by atoms with Gasteiger partial charge in [0.05, 0.1) is 12.7 Å². The molecule has 0 aromatic heterocycles. The Hall–Kier alpha value is -0.860. The van der Waals surface area contributed by atoms with Gasteiger partial charge in [-0.2, -0.15) is 13.1 Å². The fraction of sp³-hybridized carbons (Fsp3) is 0.889. The summed E-state index contributed by atoms with van der Waals surface area (Å²) in [6.45, 7) is 5.16. The lowest BCUT2D eigenvalue weighted by molar-refractivity contribution is -0.0645. The van der Waals surface area contributed by atoms with Gasteiger partial charge in [-0.1, -0.05) is 13.8 Å². The van der Waals surface area contributed by atoms with Crippen LogP contribution in [-0.4, -0.2) is 38.4 Å². The van der Waals surface area contributed by atoms with Crippen LogP contribution >= 0.6 is 0 Å². The molecule has 17 heavy (non-hydrogen) atoms.